The molecule has 2 rings (SSSR count). The number of hydrogen-bond donors (Lipinski definition) is 1. The summed E-state index contributed by atoms with van der Waals surface area (Å²) < 4.78 is 49.5. The van der Waals surface area contributed by atoms with Crippen LogP contribution in [0.2, 0.25) is 0 Å². The Bertz CT molecular complexity index is 545. The zero-order valence-corrected chi connectivity index (χ0v) is 10.8. The first-order chi connectivity index (χ1) is 8.43. The molecule has 1 N–H and O–H groups in total. The third-order valence-electron chi connectivity index (χ3n) is 3.35. The summed E-state index contributed by atoms with van der Waals surface area (Å²) in [5.74, 6) is -1.25. The standard InChI is InChI=1S/C12H15F2NO2S/c1-15-12(8-4-5-18(16,17)7-8)10-3-2-9(13)6-11(10)14/h2-3,6,8,12,15H,4-5,7H2,1H3. The zero-order chi connectivity index (χ0) is 13.3. The Balaban J connectivity index is 2.29. The highest BCUT2D eigenvalue weighted by Crippen LogP contribution is 2.32. The second-order valence-electron chi connectivity index (χ2n) is 4.60. The van der Waals surface area contributed by atoms with Gasteiger partial charge in [-0.25, -0.2) is 17.2 Å². The molecule has 0 aromatic heterocycles. The topological polar surface area (TPSA) is 46.2 Å². The SMILES string of the molecule is CNC(c1ccc(F)cc1F)C1CCS(=O)(=O)C1. The van der Waals surface area contributed by atoms with E-state index in [0.717, 1.165) is 6.07 Å². The quantitative estimate of drug-likeness (QED) is 0.912. The molecule has 3 nitrogen and oxygen atoms in total. The first-order valence-electron chi connectivity index (χ1n) is 5.75. The minimum atomic E-state index is -3.02. The van der Waals surface area contributed by atoms with Crippen LogP contribution in [0.4, 0.5) is 8.78 Å². The highest BCUT2D eigenvalue weighted by Gasteiger charge is 2.34. The molecule has 0 aliphatic carbocycles. The van der Waals surface area contributed by atoms with Gasteiger partial charge in [0.2, 0.25) is 0 Å². The number of rotatable bonds is 3. The summed E-state index contributed by atoms with van der Waals surface area (Å²) >= 11 is 0. The van der Waals surface area contributed by atoms with Crippen molar-refractivity contribution in [2.24, 2.45) is 5.92 Å². The number of halogens is 2. The van der Waals surface area contributed by atoms with Gasteiger partial charge in [0.05, 0.1) is 11.5 Å². The van der Waals surface area contributed by atoms with E-state index < -0.39 is 27.5 Å². The average molecular weight is 275 g/mol. The molecule has 0 radical (unpaired) electrons. The van der Waals surface area contributed by atoms with Crippen LogP contribution in [-0.2, 0) is 9.84 Å². The molecule has 0 bridgehead atoms. The number of nitrogens with one attached hydrogen (secondary N) is 1. The predicted octanol–water partition coefficient (Wildman–Crippen LogP) is 1.66. The second-order valence-corrected chi connectivity index (χ2v) is 6.82. The van der Waals surface area contributed by atoms with Crippen molar-refractivity contribution in [3.05, 3.63) is 35.4 Å². The lowest BCUT2D eigenvalue weighted by atomic mass is 9.92. The summed E-state index contributed by atoms with van der Waals surface area (Å²) in [6.45, 7) is 0. The minimum Gasteiger partial charge on any atom is -0.313 e. The zero-order valence-electron chi connectivity index (χ0n) is 9.99. The summed E-state index contributed by atoms with van der Waals surface area (Å²) in [5.41, 5.74) is 0.320. The molecule has 1 fully saturated rings. The van der Waals surface area contributed by atoms with Crippen LogP contribution >= 0.6 is 0 Å². The van der Waals surface area contributed by atoms with Crippen LogP contribution in [0.15, 0.2) is 18.2 Å². The third-order valence-corrected chi connectivity index (χ3v) is 5.14. The molecule has 0 amide bonds. The average Bonchev–Trinajstić information content (AvgIpc) is 2.63. The van der Waals surface area contributed by atoms with Crippen LogP contribution in [0.1, 0.15) is 18.0 Å². The fourth-order valence-corrected chi connectivity index (χ4v) is 4.33. The molecule has 6 heteroatoms. The van der Waals surface area contributed by atoms with Gasteiger partial charge in [-0.1, -0.05) is 6.07 Å². The van der Waals surface area contributed by atoms with Crippen molar-refractivity contribution in [3.8, 4) is 0 Å². The maximum absolute atomic E-state index is 13.7. The molecular formula is C12H15F2NO2S. The van der Waals surface area contributed by atoms with E-state index in [4.69, 9.17) is 0 Å². The van der Waals surface area contributed by atoms with Gasteiger partial charge in [0, 0.05) is 17.7 Å². The molecule has 18 heavy (non-hydrogen) atoms. The normalized spacial score (nSPS) is 24.1. The van der Waals surface area contributed by atoms with Crippen LogP contribution in [0.25, 0.3) is 0 Å². The molecule has 1 heterocycles. The highest BCUT2D eigenvalue weighted by atomic mass is 32.2. The fourth-order valence-electron chi connectivity index (χ4n) is 2.49. The van der Waals surface area contributed by atoms with Gasteiger partial charge >= 0.3 is 0 Å². The maximum Gasteiger partial charge on any atom is 0.150 e. The van der Waals surface area contributed by atoms with Gasteiger partial charge < -0.3 is 5.32 Å². The third kappa shape index (κ3) is 2.70. The van der Waals surface area contributed by atoms with Crippen molar-refractivity contribution < 1.29 is 17.2 Å². The molecule has 1 aliphatic heterocycles. The molecule has 1 aromatic carbocycles. The number of hydrogen-bond acceptors (Lipinski definition) is 3. The highest BCUT2D eigenvalue weighted by molar-refractivity contribution is 7.91. The summed E-state index contributed by atoms with van der Waals surface area (Å²) in [7, 11) is -1.36. The number of sulfone groups is 1. The van der Waals surface area contributed by atoms with Crippen molar-refractivity contribution in [2.75, 3.05) is 18.6 Å². The van der Waals surface area contributed by atoms with Crippen molar-refractivity contribution in [2.45, 2.75) is 12.5 Å². The Kier molecular flexibility index (Phi) is 3.68. The Morgan fingerprint density at radius 2 is 2.11 bits per heavy atom. The first-order valence-corrected chi connectivity index (χ1v) is 7.58. The lowest BCUT2D eigenvalue weighted by Crippen LogP contribution is -2.27. The molecule has 1 saturated heterocycles. The van der Waals surface area contributed by atoms with Gasteiger partial charge in [-0.2, -0.15) is 0 Å². The Morgan fingerprint density at radius 1 is 1.39 bits per heavy atom. The summed E-state index contributed by atoms with van der Waals surface area (Å²) in [6, 6.07) is 2.98. The Morgan fingerprint density at radius 3 is 2.61 bits per heavy atom. The van der Waals surface area contributed by atoms with Crippen molar-refractivity contribution >= 4 is 9.84 Å². The molecule has 100 valence electrons. The van der Waals surface area contributed by atoms with Crippen LogP contribution in [0.3, 0.4) is 0 Å². The van der Waals surface area contributed by atoms with Gasteiger partial charge in [-0.3, -0.25) is 0 Å². The second kappa shape index (κ2) is 4.93. The van der Waals surface area contributed by atoms with E-state index in [-0.39, 0.29) is 17.4 Å². The smallest absolute Gasteiger partial charge is 0.150 e. The van der Waals surface area contributed by atoms with E-state index in [2.05, 4.69) is 5.32 Å². The van der Waals surface area contributed by atoms with Crippen LogP contribution in [-0.4, -0.2) is 27.0 Å². The maximum atomic E-state index is 13.7. The number of benzene rings is 1. The van der Waals surface area contributed by atoms with Crippen LogP contribution < -0.4 is 5.32 Å². The van der Waals surface area contributed by atoms with Gasteiger partial charge in [0.15, 0.2) is 9.84 Å². The summed E-state index contributed by atoms with van der Waals surface area (Å²) in [5, 5.41) is 2.93. The summed E-state index contributed by atoms with van der Waals surface area (Å²) in [6.07, 6.45) is 0.505. The molecular weight excluding hydrogens is 260 g/mol. The monoisotopic (exact) mass is 275 g/mol. The van der Waals surface area contributed by atoms with E-state index in [1.54, 1.807) is 7.05 Å². The van der Waals surface area contributed by atoms with Gasteiger partial charge in [-0.05, 0) is 25.5 Å². The molecule has 0 saturated carbocycles. The molecule has 2 atom stereocenters. The van der Waals surface area contributed by atoms with E-state index in [1.807, 2.05) is 0 Å². The van der Waals surface area contributed by atoms with E-state index >= 15 is 0 Å². The van der Waals surface area contributed by atoms with Crippen molar-refractivity contribution in [1.82, 2.24) is 5.32 Å². The lowest BCUT2D eigenvalue weighted by molar-refractivity contribution is 0.402. The lowest BCUT2D eigenvalue weighted by Gasteiger charge is -2.22. The van der Waals surface area contributed by atoms with E-state index in [1.165, 1.54) is 12.1 Å². The predicted molar refractivity (Wildman–Crippen MR) is 64.9 cm³/mol. The Labute approximate surface area is 105 Å². The van der Waals surface area contributed by atoms with Gasteiger partial charge in [-0.15, -0.1) is 0 Å². The van der Waals surface area contributed by atoms with Gasteiger partial charge in [0.1, 0.15) is 11.6 Å². The van der Waals surface area contributed by atoms with E-state index in [0.29, 0.717) is 12.0 Å². The molecule has 1 aliphatic rings. The van der Waals surface area contributed by atoms with Gasteiger partial charge in [0.25, 0.3) is 0 Å². The van der Waals surface area contributed by atoms with Crippen molar-refractivity contribution in [1.29, 1.82) is 0 Å². The van der Waals surface area contributed by atoms with Crippen molar-refractivity contribution in [3.63, 3.8) is 0 Å². The Hall–Kier alpha value is -1.01. The van der Waals surface area contributed by atoms with E-state index in [9.17, 15) is 17.2 Å². The van der Waals surface area contributed by atoms with Crippen LogP contribution in [0.5, 0.6) is 0 Å². The molecule has 2 unspecified atom stereocenters. The minimum absolute atomic E-state index is 0.0509. The molecule has 1 aromatic rings. The first kappa shape index (κ1) is 13.4. The largest absolute Gasteiger partial charge is 0.313 e. The molecule has 0 spiro atoms. The summed E-state index contributed by atoms with van der Waals surface area (Å²) in [4.78, 5) is 0. The van der Waals surface area contributed by atoms with Crippen LogP contribution in [0, 0.1) is 17.6 Å². The fraction of sp³-hybridized carbons (Fsp3) is 0.500.